The zero-order chi connectivity index (χ0) is 15.6. The zero-order valence-corrected chi connectivity index (χ0v) is 14.8. The molecule has 2 heterocycles. The van der Waals surface area contributed by atoms with E-state index in [0.29, 0.717) is 0 Å². The highest BCUT2D eigenvalue weighted by Crippen LogP contribution is 2.27. The predicted octanol–water partition coefficient (Wildman–Crippen LogP) is 4.89. The van der Waals surface area contributed by atoms with E-state index in [2.05, 4.69) is 38.2 Å². The predicted molar refractivity (Wildman–Crippen MR) is 91.2 cm³/mol. The Hall–Kier alpha value is -1.33. The first kappa shape index (κ1) is 16.0. The normalized spacial score (nSPS) is 13.8. The van der Waals surface area contributed by atoms with Crippen LogP contribution in [0.2, 0.25) is 0 Å². The second-order valence-electron chi connectivity index (χ2n) is 5.34. The van der Waals surface area contributed by atoms with Gasteiger partial charge in [0.15, 0.2) is 0 Å². The van der Waals surface area contributed by atoms with Crippen molar-refractivity contribution in [2.45, 2.75) is 39.8 Å². The Bertz CT molecular complexity index is 604. The van der Waals surface area contributed by atoms with Crippen molar-refractivity contribution in [3.05, 3.63) is 43.8 Å². The van der Waals surface area contributed by atoms with E-state index in [1.165, 1.54) is 20.2 Å². The number of aryl methyl sites for hydroxylation is 2. The third kappa shape index (κ3) is 3.66. The zero-order valence-electron chi connectivity index (χ0n) is 13.1. The van der Waals surface area contributed by atoms with Crippen LogP contribution in [-0.4, -0.2) is 18.0 Å². The van der Waals surface area contributed by atoms with Crippen molar-refractivity contribution in [1.82, 2.24) is 10.2 Å². The molecule has 2 unspecified atom stereocenters. The number of hydrogen-bond donors (Lipinski definition) is 1. The standard InChI is InChI=1S/C16H22N2OS2/c1-10-9-14(13(4)21-10)11(2)17-16(19)18(5)12(3)15-7-6-8-20-15/h6-9,11-12H,1-5H3,(H,17,19). The lowest BCUT2D eigenvalue weighted by molar-refractivity contribution is 0.192. The van der Waals surface area contributed by atoms with E-state index < -0.39 is 0 Å². The van der Waals surface area contributed by atoms with Crippen molar-refractivity contribution in [3.8, 4) is 0 Å². The summed E-state index contributed by atoms with van der Waals surface area (Å²) in [5.41, 5.74) is 1.21. The van der Waals surface area contributed by atoms with E-state index in [-0.39, 0.29) is 18.1 Å². The van der Waals surface area contributed by atoms with Crippen LogP contribution in [0.3, 0.4) is 0 Å². The van der Waals surface area contributed by atoms with Gasteiger partial charge in [-0.05, 0) is 50.8 Å². The van der Waals surface area contributed by atoms with Gasteiger partial charge in [0.1, 0.15) is 0 Å². The van der Waals surface area contributed by atoms with Gasteiger partial charge in [0.05, 0.1) is 12.1 Å². The monoisotopic (exact) mass is 322 g/mol. The van der Waals surface area contributed by atoms with E-state index >= 15 is 0 Å². The molecule has 2 atom stereocenters. The summed E-state index contributed by atoms with van der Waals surface area (Å²) >= 11 is 3.45. The maximum absolute atomic E-state index is 12.4. The first-order valence-electron chi connectivity index (χ1n) is 7.03. The fraction of sp³-hybridized carbons (Fsp3) is 0.438. The molecule has 0 aliphatic heterocycles. The van der Waals surface area contributed by atoms with E-state index in [9.17, 15) is 4.79 Å². The Kier molecular flexibility index (Phi) is 5.06. The number of nitrogens with one attached hydrogen (secondary N) is 1. The van der Waals surface area contributed by atoms with Gasteiger partial charge in [-0.25, -0.2) is 4.79 Å². The number of thiophene rings is 2. The maximum Gasteiger partial charge on any atom is 0.318 e. The summed E-state index contributed by atoms with van der Waals surface area (Å²) in [4.78, 5) is 17.9. The molecule has 2 amide bonds. The quantitative estimate of drug-likeness (QED) is 0.854. The molecule has 5 heteroatoms. The van der Waals surface area contributed by atoms with Gasteiger partial charge in [0.25, 0.3) is 0 Å². The van der Waals surface area contributed by atoms with Crippen molar-refractivity contribution in [2.24, 2.45) is 0 Å². The molecule has 1 N–H and O–H groups in total. The summed E-state index contributed by atoms with van der Waals surface area (Å²) in [6, 6.07) is 6.32. The number of hydrogen-bond acceptors (Lipinski definition) is 3. The van der Waals surface area contributed by atoms with Gasteiger partial charge in [0.2, 0.25) is 0 Å². The molecular weight excluding hydrogens is 300 g/mol. The molecule has 3 nitrogen and oxygen atoms in total. The Labute approximate surface area is 134 Å². The van der Waals surface area contributed by atoms with E-state index in [1.807, 2.05) is 25.4 Å². The largest absolute Gasteiger partial charge is 0.331 e. The molecule has 0 bridgehead atoms. The highest BCUT2D eigenvalue weighted by Gasteiger charge is 2.21. The number of amides is 2. The highest BCUT2D eigenvalue weighted by molar-refractivity contribution is 7.12. The molecule has 0 aliphatic carbocycles. The summed E-state index contributed by atoms with van der Waals surface area (Å²) in [6.45, 7) is 8.29. The molecule has 0 spiro atoms. The van der Waals surface area contributed by atoms with E-state index in [0.717, 1.165) is 0 Å². The lowest BCUT2D eigenvalue weighted by Gasteiger charge is -2.26. The van der Waals surface area contributed by atoms with Gasteiger partial charge in [-0.2, -0.15) is 0 Å². The summed E-state index contributed by atoms with van der Waals surface area (Å²) in [5.74, 6) is 0. The number of carbonyl (C=O) groups excluding carboxylic acids is 1. The van der Waals surface area contributed by atoms with Gasteiger partial charge in [-0.1, -0.05) is 6.07 Å². The van der Waals surface area contributed by atoms with Crippen LogP contribution in [-0.2, 0) is 0 Å². The third-order valence-electron chi connectivity index (χ3n) is 3.74. The van der Waals surface area contributed by atoms with Crippen LogP contribution in [0.5, 0.6) is 0 Å². The summed E-state index contributed by atoms with van der Waals surface area (Å²) in [7, 11) is 1.85. The number of rotatable bonds is 4. The van der Waals surface area contributed by atoms with Crippen LogP contribution in [0.25, 0.3) is 0 Å². The smallest absolute Gasteiger partial charge is 0.318 e. The van der Waals surface area contributed by atoms with Crippen molar-refractivity contribution in [1.29, 1.82) is 0 Å². The fourth-order valence-corrected chi connectivity index (χ4v) is 4.19. The molecular formula is C16H22N2OS2. The van der Waals surface area contributed by atoms with Crippen LogP contribution < -0.4 is 5.32 Å². The average molecular weight is 322 g/mol. The Morgan fingerprint density at radius 2 is 2.05 bits per heavy atom. The van der Waals surface area contributed by atoms with Crippen molar-refractivity contribution >= 4 is 28.7 Å². The highest BCUT2D eigenvalue weighted by atomic mass is 32.1. The first-order chi connectivity index (χ1) is 9.90. The van der Waals surface area contributed by atoms with Gasteiger partial charge in [0, 0.05) is 21.7 Å². The molecule has 0 aromatic carbocycles. The molecule has 0 aliphatic rings. The average Bonchev–Trinajstić information content (AvgIpc) is 3.06. The molecule has 0 fully saturated rings. The van der Waals surface area contributed by atoms with Gasteiger partial charge < -0.3 is 10.2 Å². The van der Waals surface area contributed by atoms with Crippen molar-refractivity contribution < 1.29 is 4.79 Å². The Morgan fingerprint density at radius 3 is 2.57 bits per heavy atom. The third-order valence-corrected chi connectivity index (χ3v) is 5.77. The van der Waals surface area contributed by atoms with Crippen molar-refractivity contribution in [2.75, 3.05) is 7.05 Å². The summed E-state index contributed by atoms with van der Waals surface area (Å²) in [6.07, 6.45) is 0. The summed E-state index contributed by atoms with van der Waals surface area (Å²) in [5, 5.41) is 5.13. The fourth-order valence-electron chi connectivity index (χ4n) is 2.34. The van der Waals surface area contributed by atoms with E-state index in [4.69, 9.17) is 0 Å². The SMILES string of the molecule is Cc1cc(C(C)NC(=O)N(C)C(C)c2cccs2)c(C)s1. The van der Waals surface area contributed by atoms with Crippen LogP contribution >= 0.6 is 22.7 Å². The minimum atomic E-state index is -0.0355. The second kappa shape index (κ2) is 6.62. The van der Waals surface area contributed by atoms with Crippen LogP contribution in [0, 0.1) is 13.8 Å². The van der Waals surface area contributed by atoms with Crippen LogP contribution in [0.15, 0.2) is 23.6 Å². The lowest BCUT2D eigenvalue weighted by atomic mass is 10.1. The molecule has 114 valence electrons. The molecule has 2 rings (SSSR count). The second-order valence-corrected chi connectivity index (χ2v) is 7.78. The Balaban J connectivity index is 2.02. The van der Waals surface area contributed by atoms with E-state index in [1.54, 1.807) is 27.6 Å². The van der Waals surface area contributed by atoms with Gasteiger partial charge in [-0.15, -0.1) is 22.7 Å². The topological polar surface area (TPSA) is 32.3 Å². The van der Waals surface area contributed by atoms with Crippen molar-refractivity contribution in [3.63, 3.8) is 0 Å². The Morgan fingerprint density at radius 1 is 1.33 bits per heavy atom. The molecule has 2 aromatic heterocycles. The maximum atomic E-state index is 12.4. The number of carbonyl (C=O) groups is 1. The lowest BCUT2D eigenvalue weighted by Crippen LogP contribution is -2.39. The van der Waals surface area contributed by atoms with Crippen LogP contribution in [0.4, 0.5) is 4.79 Å². The minimum absolute atomic E-state index is 0.0282. The van der Waals surface area contributed by atoms with Gasteiger partial charge in [-0.3, -0.25) is 0 Å². The summed E-state index contributed by atoms with van der Waals surface area (Å²) < 4.78 is 0. The molecule has 0 saturated carbocycles. The molecule has 21 heavy (non-hydrogen) atoms. The number of nitrogens with zero attached hydrogens (tertiary/aromatic N) is 1. The number of urea groups is 1. The molecule has 0 saturated heterocycles. The molecule has 0 radical (unpaired) electrons. The minimum Gasteiger partial charge on any atom is -0.331 e. The first-order valence-corrected chi connectivity index (χ1v) is 8.73. The van der Waals surface area contributed by atoms with Gasteiger partial charge >= 0.3 is 6.03 Å². The van der Waals surface area contributed by atoms with Crippen LogP contribution in [0.1, 0.15) is 46.1 Å². The molecule has 2 aromatic rings.